The van der Waals surface area contributed by atoms with E-state index in [9.17, 15) is 0 Å². The molecule has 0 fully saturated rings. The lowest BCUT2D eigenvalue weighted by atomic mass is 10.1. The van der Waals surface area contributed by atoms with E-state index in [4.69, 9.17) is 10.7 Å². The molecule has 0 aliphatic carbocycles. The summed E-state index contributed by atoms with van der Waals surface area (Å²) in [5.74, 6) is 0.929. The Kier molecular flexibility index (Phi) is 3.03. The second-order valence-corrected chi connectivity index (χ2v) is 4.89. The second kappa shape index (κ2) is 4.85. The van der Waals surface area contributed by atoms with Crippen LogP contribution in [0.3, 0.4) is 0 Å². The van der Waals surface area contributed by atoms with Gasteiger partial charge in [0.05, 0.1) is 11.0 Å². The Bertz CT molecular complexity index is 784. The third-order valence-corrected chi connectivity index (χ3v) is 3.50. The summed E-state index contributed by atoms with van der Waals surface area (Å²) in [6.07, 6.45) is 1.88. The van der Waals surface area contributed by atoms with Crippen LogP contribution in [0.2, 0.25) is 0 Å². The Labute approximate surface area is 118 Å². The summed E-state index contributed by atoms with van der Waals surface area (Å²) < 4.78 is 2.16. The molecule has 0 spiro atoms. The van der Waals surface area contributed by atoms with Crippen molar-refractivity contribution in [1.82, 2.24) is 9.55 Å². The molecule has 3 nitrogen and oxygen atoms in total. The largest absolute Gasteiger partial charge is 0.398 e. The minimum absolute atomic E-state index is 0.726. The predicted molar refractivity (Wildman–Crippen MR) is 84.5 cm³/mol. The molecule has 2 N–H and O–H groups in total. The maximum Gasteiger partial charge on any atom is 0.141 e. The number of allylic oxidation sites excluding steroid dienone is 1. The molecular weight excluding hydrogens is 246 g/mol. The second-order valence-electron chi connectivity index (χ2n) is 4.89. The number of nitrogens with zero attached hydrogens (tertiary/aromatic N) is 2. The van der Waals surface area contributed by atoms with Gasteiger partial charge in [-0.05, 0) is 30.7 Å². The van der Waals surface area contributed by atoms with Crippen LogP contribution in [0.4, 0.5) is 5.69 Å². The van der Waals surface area contributed by atoms with E-state index >= 15 is 0 Å². The van der Waals surface area contributed by atoms with Crippen molar-refractivity contribution in [1.29, 1.82) is 0 Å². The smallest absolute Gasteiger partial charge is 0.141 e. The predicted octanol–water partition coefficient (Wildman–Crippen LogP) is 3.78. The van der Waals surface area contributed by atoms with Gasteiger partial charge in [-0.1, -0.05) is 30.3 Å². The van der Waals surface area contributed by atoms with Crippen LogP contribution in [0.25, 0.3) is 22.4 Å². The number of fused-ring (bicyclic) bond motifs is 1. The summed E-state index contributed by atoms with van der Waals surface area (Å²) in [7, 11) is 0. The van der Waals surface area contributed by atoms with Crippen LogP contribution in [0.1, 0.15) is 5.56 Å². The van der Waals surface area contributed by atoms with E-state index in [2.05, 4.69) is 23.3 Å². The monoisotopic (exact) mass is 263 g/mol. The number of aromatic nitrogens is 2. The van der Waals surface area contributed by atoms with E-state index in [1.165, 1.54) is 0 Å². The van der Waals surface area contributed by atoms with Gasteiger partial charge in [0.1, 0.15) is 5.82 Å². The molecule has 100 valence electrons. The minimum Gasteiger partial charge on any atom is -0.398 e. The molecule has 3 rings (SSSR count). The number of nitrogen functional groups attached to an aromatic ring is 1. The van der Waals surface area contributed by atoms with E-state index in [0.29, 0.717) is 0 Å². The molecular formula is C17H17N3. The van der Waals surface area contributed by atoms with Crippen molar-refractivity contribution in [2.75, 3.05) is 5.73 Å². The first-order valence-electron chi connectivity index (χ1n) is 6.63. The van der Waals surface area contributed by atoms with Gasteiger partial charge in [0.15, 0.2) is 0 Å². The molecule has 1 heterocycles. The van der Waals surface area contributed by atoms with Gasteiger partial charge < -0.3 is 10.3 Å². The summed E-state index contributed by atoms with van der Waals surface area (Å²) >= 11 is 0. The minimum atomic E-state index is 0.726. The molecule has 20 heavy (non-hydrogen) atoms. The van der Waals surface area contributed by atoms with E-state index < -0.39 is 0 Å². The van der Waals surface area contributed by atoms with Crippen LogP contribution in [0.5, 0.6) is 0 Å². The number of rotatable bonds is 3. The summed E-state index contributed by atoms with van der Waals surface area (Å²) in [6, 6.07) is 14.2. The first-order chi connectivity index (χ1) is 9.70. The Morgan fingerprint density at radius 3 is 2.80 bits per heavy atom. The van der Waals surface area contributed by atoms with Crippen molar-refractivity contribution in [3.63, 3.8) is 0 Å². The third kappa shape index (κ3) is 1.97. The normalized spacial score (nSPS) is 10.8. The zero-order valence-electron chi connectivity index (χ0n) is 11.5. The fourth-order valence-electron chi connectivity index (χ4n) is 2.39. The topological polar surface area (TPSA) is 43.8 Å². The highest BCUT2D eigenvalue weighted by atomic mass is 15.1. The Hall–Kier alpha value is -2.55. The molecule has 0 atom stereocenters. The van der Waals surface area contributed by atoms with Gasteiger partial charge in [-0.25, -0.2) is 4.98 Å². The average Bonchev–Trinajstić information content (AvgIpc) is 2.82. The highest BCUT2D eigenvalue weighted by molar-refractivity contribution is 5.81. The maximum absolute atomic E-state index is 6.02. The molecule has 3 heteroatoms. The van der Waals surface area contributed by atoms with Crippen LogP contribution in [-0.4, -0.2) is 9.55 Å². The molecule has 0 unspecified atom stereocenters. The Morgan fingerprint density at radius 1 is 1.25 bits per heavy atom. The Balaban J connectivity index is 2.26. The molecule has 0 radical (unpaired) electrons. The van der Waals surface area contributed by atoms with Crippen LogP contribution in [0.15, 0.2) is 55.1 Å². The van der Waals surface area contributed by atoms with Crippen LogP contribution in [0, 0.1) is 6.92 Å². The van der Waals surface area contributed by atoms with E-state index in [0.717, 1.165) is 40.2 Å². The number of nitrogens with two attached hydrogens (primary N) is 1. The summed E-state index contributed by atoms with van der Waals surface area (Å²) in [4.78, 5) is 4.73. The first kappa shape index (κ1) is 12.5. The van der Waals surface area contributed by atoms with E-state index in [1.807, 2.05) is 43.3 Å². The lowest BCUT2D eigenvalue weighted by Gasteiger charge is -2.08. The molecule has 1 aromatic heterocycles. The average molecular weight is 263 g/mol. The number of aryl methyl sites for hydroxylation is 1. The highest BCUT2D eigenvalue weighted by Gasteiger charge is 2.11. The number of para-hydroxylation sites is 2. The standard InChI is InChI=1S/C17H17N3/c1-3-10-20-16-7-5-4-6-15(16)19-17(20)13-9-8-12(2)14(18)11-13/h3-9,11H,1,10,18H2,2H3. The van der Waals surface area contributed by atoms with E-state index in [-0.39, 0.29) is 0 Å². The zero-order valence-corrected chi connectivity index (χ0v) is 11.5. The number of imidazole rings is 1. The maximum atomic E-state index is 6.02. The van der Waals surface area contributed by atoms with Gasteiger partial charge in [0, 0.05) is 17.8 Å². The van der Waals surface area contributed by atoms with Gasteiger partial charge >= 0.3 is 0 Å². The van der Waals surface area contributed by atoms with Crippen molar-refractivity contribution in [3.05, 3.63) is 60.7 Å². The van der Waals surface area contributed by atoms with Crippen molar-refractivity contribution >= 4 is 16.7 Å². The SMILES string of the molecule is C=CCn1c(-c2ccc(C)c(N)c2)nc2ccccc21. The van der Waals surface area contributed by atoms with Crippen LogP contribution < -0.4 is 5.73 Å². The number of hydrogen-bond donors (Lipinski definition) is 1. The number of benzene rings is 2. The van der Waals surface area contributed by atoms with Crippen molar-refractivity contribution in [2.45, 2.75) is 13.5 Å². The molecule has 0 saturated carbocycles. The first-order valence-corrected chi connectivity index (χ1v) is 6.63. The van der Waals surface area contributed by atoms with Gasteiger partial charge in [-0.15, -0.1) is 6.58 Å². The van der Waals surface area contributed by atoms with Gasteiger partial charge in [0.25, 0.3) is 0 Å². The van der Waals surface area contributed by atoms with Gasteiger partial charge in [-0.3, -0.25) is 0 Å². The fourth-order valence-corrected chi connectivity index (χ4v) is 2.39. The summed E-state index contributed by atoms with van der Waals surface area (Å²) in [6.45, 7) is 6.57. The van der Waals surface area contributed by atoms with Crippen LogP contribution >= 0.6 is 0 Å². The molecule has 0 saturated heterocycles. The lowest BCUT2D eigenvalue weighted by molar-refractivity contribution is 0.862. The van der Waals surface area contributed by atoms with Crippen LogP contribution in [-0.2, 0) is 6.54 Å². The van der Waals surface area contributed by atoms with Crippen molar-refractivity contribution < 1.29 is 0 Å². The molecule has 3 aromatic rings. The van der Waals surface area contributed by atoms with Crippen molar-refractivity contribution in [3.8, 4) is 11.4 Å². The summed E-state index contributed by atoms with van der Waals surface area (Å²) in [5, 5.41) is 0. The van der Waals surface area contributed by atoms with E-state index in [1.54, 1.807) is 0 Å². The van der Waals surface area contributed by atoms with Gasteiger partial charge in [-0.2, -0.15) is 0 Å². The lowest BCUT2D eigenvalue weighted by Crippen LogP contribution is -1.99. The molecule has 0 aliphatic rings. The zero-order chi connectivity index (χ0) is 14.1. The molecule has 0 amide bonds. The number of anilines is 1. The molecule has 0 aliphatic heterocycles. The highest BCUT2D eigenvalue weighted by Crippen LogP contribution is 2.27. The quantitative estimate of drug-likeness (QED) is 0.577. The molecule has 0 bridgehead atoms. The van der Waals surface area contributed by atoms with Gasteiger partial charge in [0.2, 0.25) is 0 Å². The molecule has 2 aromatic carbocycles. The number of hydrogen-bond acceptors (Lipinski definition) is 2. The third-order valence-electron chi connectivity index (χ3n) is 3.50. The summed E-state index contributed by atoms with van der Waals surface area (Å²) in [5.41, 5.74) is 11.0. The Morgan fingerprint density at radius 2 is 2.05 bits per heavy atom. The fraction of sp³-hybridized carbons (Fsp3) is 0.118. The van der Waals surface area contributed by atoms with Crippen molar-refractivity contribution in [2.24, 2.45) is 0 Å².